The van der Waals surface area contributed by atoms with Crippen molar-refractivity contribution in [2.45, 2.75) is 41.0 Å². The summed E-state index contributed by atoms with van der Waals surface area (Å²) in [6, 6.07) is 5.80. The highest BCUT2D eigenvalue weighted by Crippen LogP contribution is 2.21. The van der Waals surface area contributed by atoms with Crippen LogP contribution in [0, 0.1) is 20.8 Å². The Hall–Kier alpha value is -2.89. The number of aryl methyl sites for hydroxylation is 3. The molecule has 2 N–H and O–H groups in total. The van der Waals surface area contributed by atoms with E-state index in [9.17, 15) is 14.4 Å². The lowest BCUT2D eigenvalue weighted by Gasteiger charge is -2.13. The number of carbonyl (C=O) groups is 3. The predicted octanol–water partition coefficient (Wildman–Crippen LogP) is 3.50. The van der Waals surface area contributed by atoms with Gasteiger partial charge in [0.2, 0.25) is 0 Å². The lowest BCUT2D eigenvalue weighted by molar-refractivity contribution is -0.119. The number of nitrogens with one attached hydrogen (secondary N) is 2. The van der Waals surface area contributed by atoms with Gasteiger partial charge in [-0.3, -0.25) is 9.59 Å². The van der Waals surface area contributed by atoms with Gasteiger partial charge in [-0.25, -0.2) is 4.79 Å². The maximum atomic E-state index is 12.3. The van der Waals surface area contributed by atoms with Crippen molar-refractivity contribution in [2.75, 3.05) is 11.9 Å². The van der Waals surface area contributed by atoms with Crippen LogP contribution in [0.4, 0.5) is 5.69 Å². The Balaban J connectivity index is 2.06. The summed E-state index contributed by atoms with van der Waals surface area (Å²) in [6.45, 7) is 8.36. The van der Waals surface area contributed by atoms with Gasteiger partial charge in [0.15, 0.2) is 12.4 Å². The third kappa shape index (κ3) is 4.02. The summed E-state index contributed by atoms with van der Waals surface area (Å²) < 4.78 is 5.11. The third-order valence-corrected chi connectivity index (χ3v) is 4.33. The summed E-state index contributed by atoms with van der Waals surface area (Å²) >= 11 is 0. The van der Waals surface area contributed by atoms with E-state index in [1.54, 1.807) is 13.8 Å². The van der Waals surface area contributed by atoms with E-state index in [0.29, 0.717) is 16.8 Å². The molecule has 1 amide bonds. The average Bonchev–Trinajstić information content (AvgIpc) is 2.89. The normalized spacial score (nSPS) is 10.5. The Kier molecular flexibility index (Phi) is 5.97. The molecule has 1 aromatic carbocycles. The average molecular weight is 356 g/mol. The molecule has 6 nitrogen and oxygen atoms in total. The molecular weight excluding hydrogens is 332 g/mol. The molecule has 0 aliphatic heterocycles. The summed E-state index contributed by atoms with van der Waals surface area (Å²) in [7, 11) is 0. The quantitative estimate of drug-likeness (QED) is 0.612. The van der Waals surface area contributed by atoms with Crippen molar-refractivity contribution in [1.29, 1.82) is 0 Å². The first kappa shape index (κ1) is 19.4. The molecule has 0 saturated carbocycles. The Morgan fingerprint density at radius 3 is 2.42 bits per heavy atom. The second-order valence-corrected chi connectivity index (χ2v) is 6.27. The van der Waals surface area contributed by atoms with Crippen LogP contribution in [0.25, 0.3) is 0 Å². The molecule has 0 radical (unpaired) electrons. The fourth-order valence-electron chi connectivity index (χ4n) is 3.06. The summed E-state index contributed by atoms with van der Waals surface area (Å²) in [5.41, 5.74) is 4.55. The number of hydrogen-bond acceptors (Lipinski definition) is 4. The van der Waals surface area contributed by atoms with Crippen LogP contribution in [-0.2, 0) is 16.0 Å². The molecule has 0 aliphatic carbocycles. The van der Waals surface area contributed by atoms with Gasteiger partial charge in [-0.1, -0.05) is 25.1 Å². The van der Waals surface area contributed by atoms with Gasteiger partial charge in [0.1, 0.15) is 5.69 Å². The smallest absolute Gasteiger partial charge is 0.355 e. The van der Waals surface area contributed by atoms with Gasteiger partial charge in [-0.05, 0) is 50.8 Å². The summed E-state index contributed by atoms with van der Waals surface area (Å²) in [6.07, 6.45) is 0.784. The number of ketones is 1. The molecule has 0 aliphatic rings. The van der Waals surface area contributed by atoms with Gasteiger partial charge >= 0.3 is 5.97 Å². The van der Waals surface area contributed by atoms with Crippen molar-refractivity contribution in [1.82, 2.24) is 4.98 Å². The molecule has 0 unspecified atom stereocenters. The van der Waals surface area contributed by atoms with Crippen LogP contribution in [0.5, 0.6) is 0 Å². The molecule has 0 fully saturated rings. The molecule has 1 aromatic heterocycles. The van der Waals surface area contributed by atoms with E-state index in [1.807, 2.05) is 32.0 Å². The van der Waals surface area contributed by atoms with Crippen molar-refractivity contribution in [3.05, 3.63) is 51.8 Å². The lowest BCUT2D eigenvalue weighted by Crippen LogP contribution is -2.22. The number of esters is 1. The monoisotopic (exact) mass is 356 g/mol. The number of para-hydroxylation sites is 1. The maximum Gasteiger partial charge on any atom is 0.355 e. The number of H-pyrrole nitrogens is 1. The molecule has 0 atom stereocenters. The highest BCUT2D eigenvalue weighted by atomic mass is 16.5. The third-order valence-electron chi connectivity index (χ3n) is 4.33. The molecule has 0 saturated heterocycles. The van der Waals surface area contributed by atoms with Crippen LogP contribution in [0.3, 0.4) is 0 Å². The number of hydrogen-bond donors (Lipinski definition) is 2. The Labute approximate surface area is 152 Å². The van der Waals surface area contributed by atoms with Crippen LogP contribution in [0.2, 0.25) is 0 Å². The van der Waals surface area contributed by atoms with E-state index >= 15 is 0 Å². The zero-order chi connectivity index (χ0) is 19.4. The van der Waals surface area contributed by atoms with Gasteiger partial charge < -0.3 is 15.0 Å². The molecule has 2 rings (SSSR count). The molecule has 1 heterocycles. The highest BCUT2D eigenvalue weighted by molar-refractivity contribution is 6.02. The number of aromatic nitrogens is 1. The Bertz CT molecular complexity index is 865. The summed E-state index contributed by atoms with van der Waals surface area (Å²) in [4.78, 5) is 39.0. The van der Waals surface area contributed by atoms with Crippen LogP contribution in [-0.4, -0.2) is 29.3 Å². The van der Waals surface area contributed by atoms with Gasteiger partial charge in [-0.2, -0.15) is 0 Å². The van der Waals surface area contributed by atoms with Crippen LogP contribution in [0.1, 0.15) is 57.1 Å². The van der Waals surface area contributed by atoms with Crippen LogP contribution >= 0.6 is 0 Å². The van der Waals surface area contributed by atoms with E-state index in [1.165, 1.54) is 6.92 Å². The number of aromatic amines is 1. The molecule has 6 heteroatoms. The van der Waals surface area contributed by atoms with E-state index < -0.39 is 18.5 Å². The topological polar surface area (TPSA) is 88.3 Å². The zero-order valence-corrected chi connectivity index (χ0v) is 15.8. The Morgan fingerprint density at radius 2 is 1.85 bits per heavy atom. The van der Waals surface area contributed by atoms with Crippen molar-refractivity contribution >= 4 is 23.3 Å². The van der Waals surface area contributed by atoms with Crippen LogP contribution < -0.4 is 5.32 Å². The molecule has 138 valence electrons. The van der Waals surface area contributed by atoms with E-state index in [4.69, 9.17) is 4.74 Å². The number of carbonyl (C=O) groups excluding carboxylic acids is 3. The first-order valence-electron chi connectivity index (χ1n) is 8.51. The second kappa shape index (κ2) is 7.99. The first-order valence-corrected chi connectivity index (χ1v) is 8.51. The van der Waals surface area contributed by atoms with Crippen molar-refractivity contribution in [3.63, 3.8) is 0 Å². The first-order chi connectivity index (χ1) is 12.3. The molecule has 0 spiro atoms. The van der Waals surface area contributed by atoms with Gasteiger partial charge in [-0.15, -0.1) is 0 Å². The van der Waals surface area contributed by atoms with Gasteiger partial charge in [0.05, 0.1) is 0 Å². The maximum absolute atomic E-state index is 12.3. The number of anilines is 1. The van der Waals surface area contributed by atoms with E-state index in [0.717, 1.165) is 23.2 Å². The second-order valence-electron chi connectivity index (χ2n) is 6.27. The predicted molar refractivity (Wildman–Crippen MR) is 99.7 cm³/mol. The SMILES string of the molecule is CCc1cccc(C)c1NC(=O)COC(=O)c1[nH]c(C)c(C(C)=O)c1C. The molecular formula is C20H24N2O4. The number of Topliss-reactive ketones (excluding diaryl/α,β-unsaturated/α-hetero) is 1. The van der Waals surface area contributed by atoms with E-state index in [2.05, 4.69) is 10.3 Å². The van der Waals surface area contributed by atoms with Crippen molar-refractivity contribution < 1.29 is 19.1 Å². The van der Waals surface area contributed by atoms with Crippen LogP contribution in [0.15, 0.2) is 18.2 Å². The lowest BCUT2D eigenvalue weighted by atomic mass is 10.1. The fourth-order valence-corrected chi connectivity index (χ4v) is 3.06. The highest BCUT2D eigenvalue weighted by Gasteiger charge is 2.21. The van der Waals surface area contributed by atoms with E-state index in [-0.39, 0.29) is 11.5 Å². The number of amides is 1. The van der Waals surface area contributed by atoms with Crippen molar-refractivity contribution in [2.24, 2.45) is 0 Å². The van der Waals surface area contributed by atoms with Gasteiger partial charge in [0, 0.05) is 16.9 Å². The minimum absolute atomic E-state index is 0.125. The standard InChI is InChI=1S/C20H24N2O4/c1-6-15-9-7-8-11(2)18(15)22-16(24)10-26-20(25)19-12(3)17(14(5)23)13(4)21-19/h7-9,21H,6,10H2,1-5H3,(H,22,24). The largest absolute Gasteiger partial charge is 0.451 e. The number of benzene rings is 1. The number of rotatable bonds is 6. The minimum Gasteiger partial charge on any atom is -0.451 e. The fraction of sp³-hybridized carbons (Fsp3) is 0.350. The van der Waals surface area contributed by atoms with Gasteiger partial charge in [0.25, 0.3) is 5.91 Å². The zero-order valence-electron chi connectivity index (χ0n) is 15.8. The number of ether oxygens (including phenoxy) is 1. The van der Waals surface area contributed by atoms with Crippen molar-refractivity contribution in [3.8, 4) is 0 Å². The molecule has 26 heavy (non-hydrogen) atoms. The Morgan fingerprint density at radius 1 is 1.15 bits per heavy atom. The minimum atomic E-state index is -0.659. The molecule has 2 aromatic rings. The molecule has 0 bridgehead atoms. The summed E-state index contributed by atoms with van der Waals surface area (Å²) in [5, 5.41) is 2.81. The summed E-state index contributed by atoms with van der Waals surface area (Å²) in [5.74, 6) is -1.19.